The maximum atomic E-state index is 12.6. The maximum absolute atomic E-state index is 12.6. The van der Waals surface area contributed by atoms with Crippen LogP contribution >= 0.6 is 0 Å². The number of amides is 2. The first-order valence-corrected chi connectivity index (χ1v) is 9.68. The molecule has 1 fully saturated rings. The van der Waals surface area contributed by atoms with Crippen molar-refractivity contribution >= 4 is 11.8 Å². The van der Waals surface area contributed by atoms with Crippen molar-refractivity contribution in [3.8, 4) is 11.5 Å². The third kappa shape index (κ3) is 4.71. The normalized spacial score (nSPS) is 20.9. The predicted octanol–water partition coefficient (Wildman–Crippen LogP) is 1.61. The number of rotatable bonds is 6. The molecule has 1 aromatic carbocycles. The van der Waals surface area contributed by atoms with Crippen molar-refractivity contribution in [3.05, 3.63) is 23.8 Å². The molecule has 2 amide bonds. The van der Waals surface area contributed by atoms with Gasteiger partial charge in [0.2, 0.25) is 11.8 Å². The van der Waals surface area contributed by atoms with E-state index < -0.39 is 0 Å². The molecule has 27 heavy (non-hydrogen) atoms. The van der Waals surface area contributed by atoms with E-state index >= 15 is 0 Å². The van der Waals surface area contributed by atoms with Crippen LogP contribution in [0.1, 0.15) is 44.7 Å². The SMILES string of the molecule is CC(C)[C@H](NC(=O)CN1CCC[C@@H]1C(N)=O)c1ccc2c(c1)OCCCO2. The van der Waals surface area contributed by atoms with Gasteiger partial charge in [0.15, 0.2) is 11.5 Å². The van der Waals surface area contributed by atoms with Crippen molar-refractivity contribution in [1.29, 1.82) is 0 Å². The van der Waals surface area contributed by atoms with E-state index in [0.717, 1.165) is 42.9 Å². The van der Waals surface area contributed by atoms with Crippen LogP contribution < -0.4 is 20.5 Å². The minimum atomic E-state index is -0.358. The Morgan fingerprint density at radius 2 is 1.96 bits per heavy atom. The van der Waals surface area contributed by atoms with Crippen LogP contribution in [0, 0.1) is 5.92 Å². The Kier molecular flexibility index (Phi) is 6.21. The third-order valence-corrected chi connectivity index (χ3v) is 5.15. The molecule has 7 heteroatoms. The molecule has 2 atom stereocenters. The molecule has 2 heterocycles. The molecule has 1 saturated heterocycles. The molecule has 3 N–H and O–H groups in total. The largest absolute Gasteiger partial charge is 0.490 e. The average molecular weight is 375 g/mol. The third-order valence-electron chi connectivity index (χ3n) is 5.15. The minimum absolute atomic E-state index is 0.103. The molecular weight excluding hydrogens is 346 g/mol. The van der Waals surface area contributed by atoms with E-state index in [2.05, 4.69) is 19.2 Å². The second-order valence-corrected chi connectivity index (χ2v) is 7.58. The standard InChI is InChI=1S/C20H29N3O4/c1-13(2)19(14-6-7-16-17(11-14)27-10-4-9-26-16)22-18(24)12-23-8-3-5-15(23)20(21)25/h6-7,11,13,15,19H,3-5,8-10,12H2,1-2H3,(H2,21,25)(H,22,24)/t15-,19+/m1/s1. The number of benzene rings is 1. The molecule has 0 aromatic heterocycles. The number of primary amides is 1. The van der Waals surface area contributed by atoms with Gasteiger partial charge < -0.3 is 20.5 Å². The molecule has 3 rings (SSSR count). The summed E-state index contributed by atoms with van der Waals surface area (Å²) >= 11 is 0. The number of ether oxygens (including phenoxy) is 2. The quantitative estimate of drug-likeness (QED) is 0.788. The first-order chi connectivity index (χ1) is 13.0. The van der Waals surface area contributed by atoms with Crippen molar-refractivity contribution < 1.29 is 19.1 Å². The summed E-state index contributed by atoms with van der Waals surface area (Å²) in [6.07, 6.45) is 2.46. The van der Waals surface area contributed by atoms with E-state index in [-0.39, 0.29) is 36.4 Å². The van der Waals surface area contributed by atoms with Crippen molar-refractivity contribution in [1.82, 2.24) is 10.2 Å². The molecule has 7 nitrogen and oxygen atoms in total. The summed E-state index contributed by atoms with van der Waals surface area (Å²) in [7, 11) is 0. The van der Waals surface area contributed by atoms with Crippen LogP contribution in [0.15, 0.2) is 18.2 Å². The average Bonchev–Trinajstić information content (AvgIpc) is 2.95. The summed E-state index contributed by atoms with van der Waals surface area (Å²) in [5, 5.41) is 3.11. The van der Waals surface area contributed by atoms with Crippen molar-refractivity contribution in [2.75, 3.05) is 26.3 Å². The lowest BCUT2D eigenvalue weighted by Crippen LogP contribution is -2.46. The van der Waals surface area contributed by atoms with Crippen LogP contribution in [-0.4, -0.2) is 49.1 Å². The Morgan fingerprint density at radius 3 is 2.67 bits per heavy atom. The fourth-order valence-corrected chi connectivity index (χ4v) is 3.75. The molecule has 0 saturated carbocycles. The highest BCUT2D eigenvalue weighted by molar-refractivity contribution is 5.83. The van der Waals surface area contributed by atoms with Gasteiger partial charge in [0.1, 0.15) is 0 Å². The topological polar surface area (TPSA) is 93.9 Å². The summed E-state index contributed by atoms with van der Waals surface area (Å²) in [4.78, 5) is 26.0. The number of nitrogens with two attached hydrogens (primary N) is 1. The fourth-order valence-electron chi connectivity index (χ4n) is 3.75. The van der Waals surface area contributed by atoms with Crippen LogP contribution in [0.5, 0.6) is 11.5 Å². The molecule has 2 aliphatic heterocycles. The highest BCUT2D eigenvalue weighted by Crippen LogP contribution is 2.34. The Bertz CT molecular complexity index is 692. The molecule has 0 bridgehead atoms. The Balaban J connectivity index is 1.69. The van der Waals surface area contributed by atoms with Gasteiger partial charge in [-0.1, -0.05) is 19.9 Å². The Labute approximate surface area is 160 Å². The molecule has 148 valence electrons. The van der Waals surface area contributed by atoms with Crippen molar-refractivity contribution in [2.24, 2.45) is 11.7 Å². The van der Waals surface area contributed by atoms with Crippen molar-refractivity contribution in [2.45, 2.75) is 45.2 Å². The summed E-state index contributed by atoms with van der Waals surface area (Å²) in [5.74, 6) is 1.20. The van der Waals surface area contributed by atoms with Gasteiger partial charge in [-0.25, -0.2) is 0 Å². The van der Waals surface area contributed by atoms with Gasteiger partial charge in [0.05, 0.1) is 31.8 Å². The number of hydrogen-bond donors (Lipinski definition) is 2. The van der Waals surface area contributed by atoms with Gasteiger partial charge in [0, 0.05) is 6.42 Å². The lowest BCUT2D eigenvalue weighted by Gasteiger charge is -2.26. The van der Waals surface area contributed by atoms with Gasteiger partial charge in [-0.3, -0.25) is 14.5 Å². The number of nitrogens with zero attached hydrogens (tertiary/aromatic N) is 1. The van der Waals surface area contributed by atoms with E-state index in [1.807, 2.05) is 23.1 Å². The fraction of sp³-hybridized carbons (Fsp3) is 0.600. The number of likely N-dealkylation sites (tertiary alicyclic amines) is 1. The van der Waals surface area contributed by atoms with Gasteiger partial charge >= 0.3 is 0 Å². The number of carbonyl (C=O) groups excluding carboxylic acids is 2. The number of carbonyl (C=O) groups is 2. The number of hydrogen-bond acceptors (Lipinski definition) is 5. The zero-order valence-electron chi connectivity index (χ0n) is 16.1. The molecule has 0 unspecified atom stereocenters. The van der Waals surface area contributed by atoms with E-state index in [1.165, 1.54) is 0 Å². The summed E-state index contributed by atoms with van der Waals surface area (Å²) < 4.78 is 11.5. The predicted molar refractivity (Wildman–Crippen MR) is 102 cm³/mol. The van der Waals surface area contributed by atoms with Crippen LogP contribution in [0.4, 0.5) is 0 Å². The highest BCUT2D eigenvalue weighted by Gasteiger charge is 2.31. The van der Waals surface area contributed by atoms with Crippen LogP contribution in [-0.2, 0) is 9.59 Å². The van der Waals surface area contributed by atoms with E-state index in [9.17, 15) is 9.59 Å². The minimum Gasteiger partial charge on any atom is -0.490 e. The monoisotopic (exact) mass is 375 g/mol. The number of fused-ring (bicyclic) bond motifs is 1. The zero-order chi connectivity index (χ0) is 19.4. The van der Waals surface area contributed by atoms with Gasteiger partial charge in [-0.15, -0.1) is 0 Å². The first-order valence-electron chi connectivity index (χ1n) is 9.68. The smallest absolute Gasteiger partial charge is 0.234 e. The lowest BCUT2D eigenvalue weighted by molar-refractivity contribution is -0.126. The molecule has 0 spiro atoms. The zero-order valence-corrected chi connectivity index (χ0v) is 16.1. The lowest BCUT2D eigenvalue weighted by atomic mass is 9.95. The Hall–Kier alpha value is -2.28. The maximum Gasteiger partial charge on any atom is 0.234 e. The molecule has 2 aliphatic rings. The van der Waals surface area contributed by atoms with Crippen LogP contribution in [0.3, 0.4) is 0 Å². The second-order valence-electron chi connectivity index (χ2n) is 7.58. The second kappa shape index (κ2) is 8.61. The van der Waals surface area contributed by atoms with Crippen molar-refractivity contribution in [3.63, 3.8) is 0 Å². The number of nitrogens with one attached hydrogen (secondary N) is 1. The highest BCUT2D eigenvalue weighted by atomic mass is 16.5. The Morgan fingerprint density at radius 1 is 1.22 bits per heavy atom. The molecule has 1 aromatic rings. The molecule has 0 aliphatic carbocycles. The van der Waals surface area contributed by atoms with Gasteiger partial charge in [-0.2, -0.15) is 0 Å². The van der Waals surface area contributed by atoms with Gasteiger partial charge in [-0.05, 0) is 43.0 Å². The molecular formula is C20H29N3O4. The molecule has 0 radical (unpaired) electrons. The summed E-state index contributed by atoms with van der Waals surface area (Å²) in [6, 6.07) is 5.34. The van der Waals surface area contributed by atoms with E-state index in [4.69, 9.17) is 15.2 Å². The van der Waals surface area contributed by atoms with E-state index in [0.29, 0.717) is 13.2 Å². The van der Waals surface area contributed by atoms with E-state index in [1.54, 1.807) is 0 Å². The van der Waals surface area contributed by atoms with Crippen LogP contribution in [0.2, 0.25) is 0 Å². The summed E-state index contributed by atoms with van der Waals surface area (Å²) in [5.41, 5.74) is 6.43. The summed E-state index contributed by atoms with van der Waals surface area (Å²) in [6.45, 7) is 6.30. The van der Waals surface area contributed by atoms with Gasteiger partial charge in [0.25, 0.3) is 0 Å². The van der Waals surface area contributed by atoms with Crippen LogP contribution in [0.25, 0.3) is 0 Å². The first kappa shape index (κ1) is 19.5.